The summed E-state index contributed by atoms with van der Waals surface area (Å²) in [5.41, 5.74) is 4.81. The van der Waals surface area contributed by atoms with Crippen molar-refractivity contribution in [3.8, 4) is 0 Å². The molecule has 0 aliphatic heterocycles. The number of anilines is 1. The van der Waals surface area contributed by atoms with Gasteiger partial charge in [0.1, 0.15) is 0 Å². The van der Waals surface area contributed by atoms with E-state index in [2.05, 4.69) is 45.0 Å². The van der Waals surface area contributed by atoms with Crippen LogP contribution in [0, 0.1) is 13.8 Å². The highest BCUT2D eigenvalue weighted by Gasteiger charge is 2.05. The molecule has 1 aromatic rings. The molecular weight excluding hydrogens is 206 g/mol. The van der Waals surface area contributed by atoms with E-state index < -0.39 is 0 Å². The molecule has 0 atom stereocenters. The van der Waals surface area contributed by atoms with Gasteiger partial charge in [0.05, 0.1) is 0 Å². The van der Waals surface area contributed by atoms with E-state index in [0.29, 0.717) is 0 Å². The Balaban J connectivity index is 3.15. The minimum Gasteiger partial charge on any atom is -0.351 e. The Labute approximate surface area is 97.4 Å². The smallest absolute Gasteiger partial charge is 0.0439 e. The van der Waals surface area contributed by atoms with Crippen LogP contribution in [0.3, 0.4) is 0 Å². The second-order valence-corrected chi connectivity index (χ2v) is 4.61. The predicted molar refractivity (Wildman–Crippen MR) is 68.8 cm³/mol. The van der Waals surface area contributed by atoms with E-state index in [1.807, 2.05) is 13.0 Å². The number of allylic oxidation sites excluding steroid dienone is 1. The number of rotatable bonds is 2. The molecule has 0 saturated carbocycles. The normalized spacial score (nSPS) is 10.0. The third kappa shape index (κ3) is 3.00. The van der Waals surface area contributed by atoms with E-state index in [1.54, 1.807) is 0 Å². The molecule has 0 fully saturated rings. The molecule has 15 heavy (non-hydrogen) atoms. The van der Waals surface area contributed by atoms with E-state index in [9.17, 15) is 0 Å². The van der Waals surface area contributed by atoms with Crippen LogP contribution in [-0.4, -0.2) is 7.05 Å². The SMILES string of the molecule is CC(C)=CN(C)c1cc(C)c(Cl)cc1C. The maximum atomic E-state index is 6.06. The summed E-state index contributed by atoms with van der Waals surface area (Å²) in [6, 6.07) is 4.14. The zero-order chi connectivity index (χ0) is 11.6. The third-order valence-corrected chi connectivity index (χ3v) is 2.72. The largest absolute Gasteiger partial charge is 0.351 e. The van der Waals surface area contributed by atoms with Crippen LogP contribution >= 0.6 is 11.6 Å². The van der Waals surface area contributed by atoms with Gasteiger partial charge in [-0.25, -0.2) is 0 Å². The lowest BCUT2D eigenvalue weighted by Gasteiger charge is -2.19. The van der Waals surface area contributed by atoms with Crippen molar-refractivity contribution in [1.29, 1.82) is 0 Å². The number of hydrogen-bond acceptors (Lipinski definition) is 1. The van der Waals surface area contributed by atoms with Gasteiger partial charge in [-0.2, -0.15) is 0 Å². The van der Waals surface area contributed by atoms with Crippen molar-refractivity contribution in [3.63, 3.8) is 0 Å². The zero-order valence-electron chi connectivity index (χ0n) is 10.1. The first kappa shape index (κ1) is 12.1. The number of halogens is 1. The highest BCUT2D eigenvalue weighted by Crippen LogP contribution is 2.26. The molecule has 2 heteroatoms. The second kappa shape index (κ2) is 4.71. The van der Waals surface area contributed by atoms with E-state index in [-0.39, 0.29) is 0 Å². The van der Waals surface area contributed by atoms with Crippen LogP contribution < -0.4 is 4.90 Å². The first-order valence-electron chi connectivity index (χ1n) is 5.06. The number of nitrogens with zero attached hydrogens (tertiary/aromatic N) is 1. The average Bonchev–Trinajstić information content (AvgIpc) is 2.09. The summed E-state index contributed by atoms with van der Waals surface area (Å²) < 4.78 is 0. The van der Waals surface area contributed by atoms with Crippen LogP contribution in [0.1, 0.15) is 25.0 Å². The maximum Gasteiger partial charge on any atom is 0.0439 e. The molecular formula is C13H18ClN. The molecule has 0 aliphatic carbocycles. The fourth-order valence-corrected chi connectivity index (χ4v) is 1.82. The Morgan fingerprint density at radius 2 is 1.80 bits per heavy atom. The van der Waals surface area contributed by atoms with E-state index in [0.717, 1.165) is 10.6 Å². The van der Waals surface area contributed by atoms with Crippen LogP contribution in [0.15, 0.2) is 23.9 Å². The Morgan fingerprint density at radius 3 is 2.33 bits per heavy atom. The molecule has 0 N–H and O–H groups in total. The topological polar surface area (TPSA) is 3.24 Å². The standard InChI is InChI=1S/C13H18ClN/c1-9(2)8-15(5)13-7-10(3)12(14)6-11(13)4/h6-8H,1-5H3. The highest BCUT2D eigenvalue weighted by atomic mass is 35.5. The Hall–Kier alpha value is -0.950. The van der Waals surface area contributed by atoms with Crippen LogP contribution in [0.2, 0.25) is 5.02 Å². The van der Waals surface area contributed by atoms with Gasteiger partial charge in [-0.1, -0.05) is 17.2 Å². The lowest BCUT2D eigenvalue weighted by molar-refractivity contribution is 1.14. The molecule has 0 saturated heterocycles. The van der Waals surface area contributed by atoms with Crippen molar-refractivity contribution in [2.75, 3.05) is 11.9 Å². The first-order valence-corrected chi connectivity index (χ1v) is 5.44. The van der Waals surface area contributed by atoms with Crippen molar-refractivity contribution >= 4 is 17.3 Å². The quantitative estimate of drug-likeness (QED) is 0.722. The molecule has 1 nitrogen and oxygen atoms in total. The van der Waals surface area contributed by atoms with Crippen molar-refractivity contribution in [2.24, 2.45) is 0 Å². The molecule has 0 aromatic heterocycles. The van der Waals surface area contributed by atoms with Gasteiger partial charge in [0, 0.05) is 24.0 Å². The van der Waals surface area contributed by atoms with Gasteiger partial charge in [-0.05, 0) is 51.0 Å². The number of aryl methyl sites for hydroxylation is 2. The molecule has 0 spiro atoms. The van der Waals surface area contributed by atoms with Gasteiger partial charge in [-0.15, -0.1) is 0 Å². The third-order valence-electron chi connectivity index (χ3n) is 2.31. The molecule has 1 aromatic carbocycles. The molecule has 0 aliphatic rings. The van der Waals surface area contributed by atoms with Crippen LogP contribution in [0.5, 0.6) is 0 Å². The van der Waals surface area contributed by atoms with Crippen molar-refractivity contribution in [2.45, 2.75) is 27.7 Å². The summed E-state index contributed by atoms with van der Waals surface area (Å²) in [7, 11) is 2.06. The van der Waals surface area contributed by atoms with Crippen molar-refractivity contribution in [3.05, 3.63) is 40.1 Å². The van der Waals surface area contributed by atoms with Crippen molar-refractivity contribution in [1.82, 2.24) is 0 Å². The van der Waals surface area contributed by atoms with Gasteiger partial charge >= 0.3 is 0 Å². The first-order chi connectivity index (χ1) is 6.91. The molecule has 0 radical (unpaired) electrons. The molecule has 82 valence electrons. The van der Waals surface area contributed by atoms with Crippen LogP contribution in [0.25, 0.3) is 0 Å². The molecule has 0 heterocycles. The summed E-state index contributed by atoms with van der Waals surface area (Å²) in [5.74, 6) is 0. The molecule has 0 amide bonds. The van der Waals surface area contributed by atoms with Crippen LogP contribution in [0.4, 0.5) is 5.69 Å². The van der Waals surface area contributed by atoms with Crippen molar-refractivity contribution < 1.29 is 0 Å². The summed E-state index contributed by atoms with van der Waals surface area (Å²) >= 11 is 6.06. The van der Waals surface area contributed by atoms with Gasteiger partial charge in [0.25, 0.3) is 0 Å². The lowest BCUT2D eigenvalue weighted by atomic mass is 10.1. The van der Waals surface area contributed by atoms with Gasteiger partial charge < -0.3 is 4.90 Å². The van der Waals surface area contributed by atoms with Gasteiger partial charge in [0.2, 0.25) is 0 Å². The fourth-order valence-electron chi connectivity index (χ4n) is 1.60. The average molecular weight is 224 g/mol. The Kier molecular flexibility index (Phi) is 3.81. The minimum absolute atomic E-state index is 0.835. The van der Waals surface area contributed by atoms with E-state index in [4.69, 9.17) is 11.6 Å². The monoisotopic (exact) mass is 223 g/mol. The highest BCUT2D eigenvalue weighted by molar-refractivity contribution is 6.31. The Bertz CT molecular complexity index is 390. The number of hydrogen-bond donors (Lipinski definition) is 0. The maximum absolute atomic E-state index is 6.06. The zero-order valence-corrected chi connectivity index (χ0v) is 10.8. The molecule has 0 bridgehead atoms. The van der Waals surface area contributed by atoms with Gasteiger partial charge in [0.15, 0.2) is 0 Å². The Morgan fingerprint density at radius 1 is 1.20 bits per heavy atom. The predicted octanol–water partition coefficient (Wildman–Crippen LogP) is 4.32. The van der Waals surface area contributed by atoms with Gasteiger partial charge in [-0.3, -0.25) is 0 Å². The summed E-state index contributed by atoms with van der Waals surface area (Å²) in [5, 5.41) is 0.835. The van der Waals surface area contributed by atoms with E-state index >= 15 is 0 Å². The fraction of sp³-hybridized carbons (Fsp3) is 0.385. The minimum atomic E-state index is 0.835. The summed E-state index contributed by atoms with van der Waals surface area (Å²) in [6.07, 6.45) is 2.12. The van der Waals surface area contributed by atoms with Crippen LogP contribution in [-0.2, 0) is 0 Å². The molecule has 0 unspecified atom stereocenters. The summed E-state index contributed by atoms with van der Waals surface area (Å²) in [6.45, 7) is 8.29. The lowest BCUT2D eigenvalue weighted by Crippen LogP contribution is -2.10. The molecule has 1 rings (SSSR count). The number of benzene rings is 1. The second-order valence-electron chi connectivity index (χ2n) is 4.21. The van der Waals surface area contributed by atoms with E-state index in [1.165, 1.54) is 16.8 Å². The summed E-state index contributed by atoms with van der Waals surface area (Å²) in [4.78, 5) is 2.13.